The van der Waals surface area contributed by atoms with Gasteiger partial charge in [0.15, 0.2) is 5.13 Å². The van der Waals surface area contributed by atoms with Crippen LogP contribution in [0.4, 0.5) is 9.52 Å². The van der Waals surface area contributed by atoms with E-state index in [1.54, 1.807) is 5.38 Å². The maximum absolute atomic E-state index is 12.7. The molecule has 0 aliphatic carbocycles. The number of nitrogens with one attached hydrogen (secondary N) is 1. The second kappa shape index (κ2) is 6.29. The van der Waals surface area contributed by atoms with E-state index in [1.165, 1.54) is 35.6 Å². The van der Waals surface area contributed by atoms with Crippen LogP contribution in [0.25, 0.3) is 0 Å². The SMILES string of the molecule is Nc1nc(CCNS(=O)(=O)Cc2ccc(F)cc2)cs1. The van der Waals surface area contributed by atoms with Crippen molar-refractivity contribution in [2.24, 2.45) is 0 Å². The molecule has 0 atom stereocenters. The van der Waals surface area contributed by atoms with Crippen LogP contribution >= 0.6 is 11.3 Å². The molecule has 0 saturated carbocycles. The van der Waals surface area contributed by atoms with Crippen LogP contribution in [0.1, 0.15) is 11.3 Å². The monoisotopic (exact) mass is 315 g/mol. The standard InChI is InChI=1S/C12H14FN3O2S2/c13-10-3-1-9(2-4-10)8-20(17,18)15-6-5-11-7-19-12(14)16-11/h1-4,7,15H,5-6,8H2,(H2,14,16). The van der Waals surface area contributed by atoms with Crippen molar-refractivity contribution in [3.8, 4) is 0 Å². The summed E-state index contributed by atoms with van der Waals surface area (Å²) in [6, 6.07) is 5.39. The van der Waals surface area contributed by atoms with Gasteiger partial charge in [0.2, 0.25) is 10.0 Å². The number of nitrogen functional groups attached to an aromatic ring is 1. The molecule has 2 rings (SSSR count). The van der Waals surface area contributed by atoms with Crippen molar-refractivity contribution in [2.75, 3.05) is 12.3 Å². The third-order valence-corrected chi connectivity index (χ3v) is 4.62. The number of hydrogen-bond acceptors (Lipinski definition) is 5. The van der Waals surface area contributed by atoms with Crippen LogP contribution in [0.5, 0.6) is 0 Å². The second-order valence-electron chi connectivity index (χ2n) is 4.21. The first-order valence-corrected chi connectivity index (χ1v) is 8.39. The van der Waals surface area contributed by atoms with Gasteiger partial charge < -0.3 is 5.73 Å². The number of rotatable bonds is 6. The highest BCUT2D eigenvalue weighted by molar-refractivity contribution is 7.88. The molecule has 0 saturated heterocycles. The van der Waals surface area contributed by atoms with E-state index in [2.05, 4.69) is 9.71 Å². The van der Waals surface area contributed by atoms with Gasteiger partial charge in [-0.25, -0.2) is 22.5 Å². The normalized spacial score (nSPS) is 11.7. The molecule has 1 aromatic heterocycles. The summed E-state index contributed by atoms with van der Waals surface area (Å²) in [5.74, 6) is -0.563. The molecule has 3 N–H and O–H groups in total. The lowest BCUT2D eigenvalue weighted by Gasteiger charge is -2.06. The van der Waals surface area contributed by atoms with Gasteiger partial charge in [0.1, 0.15) is 5.82 Å². The number of hydrogen-bond donors (Lipinski definition) is 2. The van der Waals surface area contributed by atoms with Gasteiger partial charge in [-0.1, -0.05) is 12.1 Å². The van der Waals surface area contributed by atoms with Gasteiger partial charge in [-0.2, -0.15) is 0 Å². The van der Waals surface area contributed by atoms with Gasteiger partial charge >= 0.3 is 0 Å². The Morgan fingerprint density at radius 2 is 2.00 bits per heavy atom. The van der Waals surface area contributed by atoms with Crippen LogP contribution in [-0.2, 0) is 22.2 Å². The van der Waals surface area contributed by atoms with Crippen LogP contribution in [0, 0.1) is 5.82 Å². The van der Waals surface area contributed by atoms with Crippen molar-refractivity contribution in [3.63, 3.8) is 0 Å². The summed E-state index contributed by atoms with van der Waals surface area (Å²) in [7, 11) is -3.44. The van der Waals surface area contributed by atoms with Crippen molar-refractivity contribution in [1.82, 2.24) is 9.71 Å². The van der Waals surface area contributed by atoms with Crippen molar-refractivity contribution in [2.45, 2.75) is 12.2 Å². The summed E-state index contributed by atoms with van der Waals surface area (Å²) in [4.78, 5) is 4.04. The van der Waals surface area contributed by atoms with E-state index in [0.29, 0.717) is 17.1 Å². The van der Waals surface area contributed by atoms with E-state index in [9.17, 15) is 12.8 Å². The Labute approximate surface area is 120 Å². The number of thiazole rings is 1. The molecule has 8 heteroatoms. The molecule has 0 spiro atoms. The summed E-state index contributed by atoms with van der Waals surface area (Å²) in [5.41, 5.74) is 6.79. The van der Waals surface area contributed by atoms with Crippen LogP contribution in [0.3, 0.4) is 0 Å². The number of anilines is 1. The first kappa shape index (κ1) is 14.9. The van der Waals surface area contributed by atoms with Crippen LogP contribution in [0.2, 0.25) is 0 Å². The van der Waals surface area contributed by atoms with Gasteiger partial charge in [0, 0.05) is 18.3 Å². The molecule has 0 amide bonds. The average molecular weight is 315 g/mol. The largest absolute Gasteiger partial charge is 0.375 e. The topological polar surface area (TPSA) is 85.1 Å². The molecule has 2 aromatic rings. The number of halogens is 1. The molecule has 0 aliphatic heterocycles. The Hall–Kier alpha value is -1.51. The molecular weight excluding hydrogens is 301 g/mol. The molecule has 0 aliphatic rings. The molecule has 0 bridgehead atoms. The number of nitrogens with two attached hydrogens (primary N) is 1. The lowest BCUT2D eigenvalue weighted by atomic mass is 10.2. The summed E-state index contributed by atoms with van der Waals surface area (Å²) in [6.45, 7) is 0.257. The van der Waals surface area contributed by atoms with Crippen molar-refractivity contribution in [1.29, 1.82) is 0 Å². The Morgan fingerprint density at radius 1 is 1.30 bits per heavy atom. The van der Waals surface area contributed by atoms with E-state index in [4.69, 9.17) is 5.73 Å². The maximum Gasteiger partial charge on any atom is 0.215 e. The molecular formula is C12H14FN3O2S2. The van der Waals surface area contributed by atoms with Gasteiger partial charge in [-0.05, 0) is 17.7 Å². The zero-order chi connectivity index (χ0) is 14.6. The van der Waals surface area contributed by atoms with E-state index in [1.807, 2.05) is 0 Å². The zero-order valence-corrected chi connectivity index (χ0v) is 12.2. The summed E-state index contributed by atoms with van der Waals surface area (Å²) in [6.07, 6.45) is 0.482. The highest BCUT2D eigenvalue weighted by Gasteiger charge is 2.11. The van der Waals surface area contributed by atoms with Gasteiger partial charge in [0.25, 0.3) is 0 Å². The van der Waals surface area contributed by atoms with Crippen LogP contribution in [-0.4, -0.2) is 19.9 Å². The molecule has 1 heterocycles. The Bertz CT molecular complexity index is 668. The Morgan fingerprint density at radius 3 is 2.60 bits per heavy atom. The highest BCUT2D eigenvalue weighted by atomic mass is 32.2. The van der Waals surface area contributed by atoms with E-state index < -0.39 is 10.0 Å². The zero-order valence-electron chi connectivity index (χ0n) is 10.5. The molecule has 108 valence electrons. The first-order chi connectivity index (χ1) is 9.44. The number of nitrogens with zero attached hydrogens (tertiary/aromatic N) is 1. The first-order valence-electron chi connectivity index (χ1n) is 5.86. The summed E-state index contributed by atoms with van der Waals surface area (Å²) < 4.78 is 38.9. The molecule has 20 heavy (non-hydrogen) atoms. The molecule has 1 aromatic carbocycles. The predicted octanol–water partition coefficient (Wildman–Crippen LogP) is 1.53. The second-order valence-corrected chi connectivity index (χ2v) is 6.90. The Balaban J connectivity index is 1.86. The molecule has 0 radical (unpaired) electrons. The average Bonchev–Trinajstić information content (AvgIpc) is 2.77. The minimum Gasteiger partial charge on any atom is -0.375 e. The van der Waals surface area contributed by atoms with Crippen molar-refractivity contribution >= 4 is 26.5 Å². The number of sulfonamides is 1. The molecule has 5 nitrogen and oxygen atoms in total. The lowest BCUT2D eigenvalue weighted by molar-refractivity contribution is 0.580. The minimum atomic E-state index is -3.44. The fourth-order valence-electron chi connectivity index (χ4n) is 1.62. The number of aromatic nitrogens is 1. The van der Waals surface area contributed by atoms with E-state index in [-0.39, 0.29) is 18.1 Å². The van der Waals surface area contributed by atoms with E-state index in [0.717, 1.165) is 5.69 Å². The maximum atomic E-state index is 12.7. The quantitative estimate of drug-likeness (QED) is 0.846. The third-order valence-electron chi connectivity index (χ3n) is 2.54. The lowest BCUT2D eigenvalue weighted by Crippen LogP contribution is -2.27. The number of benzene rings is 1. The highest BCUT2D eigenvalue weighted by Crippen LogP contribution is 2.11. The minimum absolute atomic E-state index is 0.174. The summed E-state index contributed by atoms with van der Waals surface area (Å²) >= 11 is 1.32. The van der Waals surface area contributed by atoms with Gasteiger partial charge in [-0.3, -0.25) is 0 Å². The van der Waals surface area contributed by atoms with Gasteiger partial charge in [-0.15, -0.1) is 11.3 Å². The fraction of sp³-hybridized carbons (Fsp3) is 0.250. The smallest absolute Gasteiger partial charge is 0.215 e. The predicted molar refractivity (Wildman–Crippen MR) is 77.3 cm³/mol. The third kappa shape index (κ3) is 4.55. The molecule has 0 fully saturated rings. The van der Waals surface area contributed by atoms with Crippen LogP contribution in [0.15, 0.2) is 29.6 Å². The summed E-state index contributed by atoms with van der Waals surface area (Å²) in [5, 5.41) is 2.26. The van der Waals surface area contributed by atoms with Crippen molar-refractivity contribution in [3.05, 3.63) is 46.7 Å². The van der Waals surface area contributed by atoms with Crippen LogP contribution < -0.4 is 10.5 Å². The Kier molecular flexibility index (Phi) is 4.69. The fourth-order valence-corrected chi connectivity index (χ4v) is 3.37. The van der Waals surface area contributed by atoms with Crippen molar-refractivity contribution < 1.29 is 12.8 Å². The van der Waals surface area contributed by atoms with Gasteiger partial charge in [0.05, 0.1) is 11.4 Å². The molecule has 0 unspecified atom stereocenters. The van der Waals surface area contributed by atoms with E-state index >= 15 is 0 Å².